The fourth-order valence-electron chi connectivity index (χ4n) is 4.82. The Balaban J connectivity index is 1.17. The zero-order valence-corrected chi connectivity index (χ0v) is 20.8. The Morgan fingerprint density at radius 3 is 2.35 bits per heavy atom. The molecule has 0 radical (unpaired) electrons. The van der Waals surface area contributed by atoms with Crippen molar-refractivity contribution in [3.8, 4) is 11.1 Å². The van der Waals surface area contributed by atoms with E-state index in [4.69, 9.17) is 0 Å². The molecule has 2 aliphatic heterocycles. The molecule has 4 aromatic rings. The first-order chi connectivity index (χ1) is 18.0. The molecule has 3 heterocycles. The maximum atomic E-state index is 13.4. The largest absolute Gasteiger partial charge is 0.296 e. The second kappa shape index (κ2) is 9.55. The highest BCUT2D eigenvalue weighted by atomic mass is 32.2. The van der Waals surface area contributed by atoms with E-state index < -0.39 is 15.9 Å². The normalized spacial score (nSPS) is 16.7. The van der Waals surface area contributed by atoms with Gasteiger partial charge in [-0.05, 0) is 48.4 Å². The van der Waals surface area contributed by atoms with Crippen LogP contribution in [0.5, 0.6) is 0 Å². The molecule has 3 aromatic carbocycles. The lowest BCUT2D eigenvalue weighted by Crippen LogP contribution is -2.35. The molecule has 37 heavy (non-hydrogen) atoms. The molecule has 1 aromatic heterocycles. The average Bonchev–Trinajstić information content (AvgIpc) is 3.17. The Labute approximate surface area is 214 Å². The zero-order chi connectivity index (χ0) is 25.4. The van der Waals surface area contributed by atoms with Crippen molar-refractivity contribution < 1.29 is 13.2 Å². The highest BCUT2D eigenvalue weighted by Crippen LogP contribution is 2.31. The first-order valence-electron chi connectivity index (χ1n) is 12.1. The maximum Gasteiger partial charge on any atom is 0.296 e. The Morgan fingerprint density at radius 1 is 0.757 bits per heavy atom. The van der Waals surface area contributed by atoms with Gasteiger partial charge in [-0.15, -0.1) is 10.2 Å². The highest BCUT2D eigenvalue weighted by molar-refractivity contribution is 7.89. The van der Waals surface area contributed by atoms with Crippen molar-refractivity contribution in [2.45, 2.75) is 17.9 Å². The summed E-state index contributed by atoms with van der Waals surface area (Å²) in [4.78, 5) is 23.7. The lowest BCUT2D eigenvalue weighted by atomic mass is 10.1. The van der Waals surface area contributed by atoms with Gasteiger partial charge in [-0.3, -0.25) is 9.69 Å². The van der Waals surface area contributed by atoms with Crippen LogP contribution in [0.1, 0.15) is 22.6 Å². The molecular formula is C27H24N6O3S. The van der Waals surface area contributed by atoms with E-state index in [0.717, 1.165) is 17.7 Å². The summed E-state index contributed by atoms with van der Waals surface area (Å²) in [5.74, 6) is 0.576. The van der Waals surface area contributed by atoms with Crippen LogP contribution >= 0.6 is 0 Å². The monoisotopic (exact) mass is 512 g/mol. The lowest BCUT2D eigenvalue weighted by molar-refractivity contribution is 0.0995. The van der Waals surface area contributed by atoms with E-state index in [2.05, 4.69) is 25.1 Å². The van der Waals surface area contributed by atoms with Crippen LogP contribution in [-0.2, 0) is 16.6 Å². The molecule has 0 bridgehead atoms. The summed E-state index contributed by atoms with van der Waals surface area (Å²) in [5, 5.41) is 8.31. The number of nitrogens with zero attached hydrogens (tertiary/aromatic N) is 6. The number of azo groups is 1. The topological polar surface area (TPSA) is 108 Å². The van der Waals surface area contributed by atoms with Crippen molar-refractivity contribution in [3.05, 3.63) is 84.2 Å². The number of carbonyl (C=O) groups is 1. The van der Waals surface area contributed by atoms with Gasteiger partial charge in [0, 0.05) is 19.6 Å². The number of hydrogen-bond donors (Lipinski definition) is 0. The Hall–Kier alpha value is -3.86. The predicted octanol–water partition coefficient (Wildman–Crippen LogP) is 4.43. The molecule has 2 aliphatic rings. The molecule has 0 spiro atoms. The van der Waals surface area contributed by atoms with E-state index in [0.29, 0.717) is 65.6 Å². The third kappa shape index (κ3) is 4.55. The quantitative estimate of drug-likeness (QED) is 0.391. The van der Waals surface area contributed by atoms with Crippen LogP contribution < -0.4 is 0 Å². The van der Waals surface area contributed by atoms with Gasteiger partial charge in [0.1, 0.15) is 5.82 Å². The Morgan fingerprint density at radius 2 is 1.54 bits per heavy atom. The number of rotatable bonds is 5. The molecular weight excluding hydrogens is 488 g/mol. The summed E-state index contributed by atoms with van der Waals surface area (Å²) in [6.45, 7) is 2.55. The molecule has 1 amide bonds. The standard InChI is InChI=1S/C27H24N6O3S/c34-27-22-8-4-9-23-25(22)26(30-31-27)29-24(28-23)18-32-14-5-15-33(17-16-32)37(35,36)21-12-10-20(11-13-21)19-6-2-1-3-7-19/h1-4,6-13H,5,14-18H2. The van der Waals surface area contributed by atoms with Crippen LogP contribution in [-0.4, -0.2) is 59.7 Å². The minimum Gasteiger partial charge on any atom is -0.295 e. The summed E-state index contributed by atoms with van der Waals surface area (Å²) >= 11 is 0. The van der Waals surface area contributed by atoms with Crippen LogP contribution in [0, 0.1) is 0 Å². The number of aromatic nitrogens is 2. The van der Waals surface area contributed by atoms with Crippen LogP contribution in [0.4, 0.5) is 5.82 Å². The second-order valence-electron chi connectivity index (χ2n) is 9.09. The zero-order valence-electron chi connectivity index (χ0n) is 20.0. The van der Waals surface area contributed by atoms with Gasteiger partial charge in [-0.2, -0.15) is 4.31 Å². The summed E-state index contributed by atoms with van der Waals surface area (Å²) < 4.78 is 28.3. The number of benzene rings is 3. The van der Waals surface area contributed by atoms with E-state index in [1.807, 2.05) is 48.5 Å². The van der Waals surface area contributed by atoms with E-state index in [1.165, 1.54) is 0 Å². The maximum absolute atomic E-state index is 13.4. The van der Waals surface area contributed by atoms with Crippen LogP contribution in [0.15, 0.2) is 87.9 Å². The van der Waals surface area contributed by atoms with Crippen molar-refractivity contribution in [3.63, 3.8) is 0 Å². The smallest absolute Gasteiger partial charge is 0.295 e. The predicted molar refractivity (Wildman–Crippen MR) is 139 cm³/mol. The molecule has 6 rings (SSSR count). The summed E-state index contributed by atoms with van der Waals surface area (Å²) in [7, 11) is -3.61. The fourth-order valence-corrected chi connectivity index (χ4v) is 6.29. The summed E-state index contributed by atoms with van der Waals surface area (Å²) in [5.41, 5.74) is 3.14. The van der Waals surface area contributed by atoms with Crippen molar-refractivity contribution >= 4 is 32.7 Å². The number of hydrogen-bond acceptors (Lipinski definition) is 7. The van der Waals surface area contributed by atoms with Crippen molar-refractivity contribution in [1.82, 2.24) is 19.2 Å². The molecule has 10 heteroatoms. The van der Waals surface area contributed by atoms with Gasteiger partial charge in [0.15, 0.2) is 5.82 Å². The van der Waals surface area contributed by atoms with Gasteiger partial charge in [0.05, 0.1) is 27.9 Å². The Bertz CT molecular complexity index is 1620. The van der Waals surface area contributed by atoms with Crippen LogP contribution in [0.2, 0.25) is 0 Å². The second-order valence-corrected chi connectivity index (χ2v) is 11.0. The van der Waals surface area contributed by atoms with Crippen molar-refractivity contribution in [1.29, 1.82) is 0 Å². The van der Waals surface area contributed by atoms with Gasteiger partial charge in [-0.1, -0.05) is 48.5 Å². The summed E-state index contributed by atoms with van der Waals surface area (Å²) in [6.07, 6.45) is 0.695. The Kier molecular flexibility index (Phi) is 6.07. The molecule has 0 unspecified atom stereocenters. The van der Waals surface area contributed by atoms with E-state index in [9.17, 15) is 13.2 Å². The molecule has 0 saturated carbocycles. The first kappa shape index (κ1) is 23.5. The third-order valence-electron chi connectivity index (χ3n) is 6.73. The minimum absolute atomic E-state index is 0.299. The fraction of sp³-hybridized carbons (Fsp3) is 0.222. The average molecular weight is 513 g/mol. The SMILES string of the molecule is O=C1N=Nc2nc(CN3CCCN(S(=O)(=O)c4ccc(-c5ccccc5)cc4)CC3)nc3cccc1c23. The van der Waals surface area contributed by atoms with Gasteiger partial charge >= 0.3 is 0 Å². The summed E-state index contributed by atoms with van der Waals surface area (Å²) in [6, 6.07) is 22.3. The molecule has 0 atom stereocenters. The van der Waals surface area contributed by atoms with E-state index >= 15 is 0 Å². The van der Waals surface area contributed by atoms with Gasteiger partial charge in [0.25, 0.3) is 5.91 Å². The molecule has 1 saturated heterocycles. The molecule has 0 N–H and O–H groups in total. The first-order valence-corrected chi connectivity index (χ1v) is 13.6. The lowest BCUT2D eigenvalue weighted by Gasteiger charge is -2.21. The number of amides is 1. The molecule has 186 valence electrons. The number of sulfonamides is 1. The van der Waals surface area contributed by atoms with Gasteiger partial charge < -0.3 is 0 Å². The van der Waals surface area contributed by atoms with Crippen LogP contribution in [0.25, 0.3) is 22.0 Å². The molecule has 9 nitrogen and oxygen atoms in total. The van der Waals surface area contributed by atoms with E-state index in [-0.39, 0.29) is 0 Å². The van der Waals surface area contributed by atoms with Crippen molar-refractivity contribution in [2.75, 3.05) is 26.2 Å². The number of carbonyl (C=O) groups excluding carboxylic acids is 1. The van der Waals surface area contributed by atoms with Crippen molar-refractivity contribution in [2.24, 2.45) is 10.2 Å². The highest BCUT2D eigenvalue weighted by Gasteiger charge is 2.28. The van der Waals surface area contributed by atoms with E-state index in [1.54, 1.807) is 28.6 Å². The van der Waals surface area contributed by atoms with Gasteiger partial charge in [0.2, 0.25) is 10.0 Å². The third-order valence-corrected chi connectivity index (χ3v) is 8.64. The van der Waals surface area contributed by atoms with Crippen LogP contribution in [0.3, 0.4) is 0 Å². The molecule has 0 aliphatic carbocycles. The minimum atomic E-state index is -3.61. The van der Waals surface area contributed by atoms with Gasteiger partial charge in [-0.25, -0.2) is 18.4 Å². The molecule has 1 fully saturated rings.